The second-order valence-corrected chi connectivity index (χ2v) is 2.69. The van der Waals surface area contributed by atoms with Crippen LogP contribution in [0.5, 0.6) is 0 Å². The molecule has 0 aromatic heterocycles. The van der Waals surface area contributed by atoms with Gasteiger partial charge in [-0.15, -0.1) is 0 Å². The maximum Gasteiger partial charge on any atom is 2.00 e. The summed E-state index contributed by atoms with van der Waals surface area (Å²) in [7, 11) is -9.33. The molecule has 19 heavy (non-hydrogen) atoms. The van der Waals surface area contributed by atoms with Crippen LogP contribution in [0.3, 0.4) is 0 Å². The van der Waals surface area contributed by atoms with Crippen LogP contribution >= 0.6 is 0 Å². The van der Waals surface area contributed by atoms with Gasteiger partial charge in [-0.25, -0.2) is 0 Å². The minimum Gasteiger partial charge on any atom is -1.00 e. The fourth-order valence-electron chi connectivity index (χ4n) is 0. The first-order valence-corrected chi connectivity index (χ1v) is 4.19. The molecule has 0 fully saturated rings. The van der Waals surface area contributed by atoms with E-state index in [1.807, 2.05) is 0 Å². The van der Waals surface area contributed by atoms with Crippen molar-refractivity contribution in [2.45, 2.75) is 0 Å². The van der Waals surface area contributed by atoms with Gasteiger partial charge in [0, 0.05) is 0 Å². The summed E-state index contributed by atoms with van der Waals surface area (Å²) in [5.41, 5.74) is 0. The Balaban J connectivity index is -0.00000000364. The van der Waals surface area contributed by atoms with Crippen molar-refractivity contribution in [3.8, 4) is 0 Å². The fourth-order valence-corrected chi connectivity index (χ4v) is 0. The van der Waals surface area contributed by atoms with E-state index in [1.54, 1.807) is 0 Å². The van der Waals surface area contributed by atoms with E-state index in [2.05, 4.69) is 0 Å². The average Bonchev–Trinajstić information content (AvgIpc) is 1.12. The maximum absolute atomic E-state index is 8.74. The third kappa shape index (κ3) is 137000. The van der Waals surface area contributed by atoms with Gasteiger partial charge < -0.3 is 47.3 Å². The van der Waals surface area contributed by atoms with Crippen LogP contribution in [0.25, 0.3) is 0 Å². The van der Waals surface area contributed by atoms with Crippen LogP contribution in [0.4, 0.5) is 0 Å². The molecule has 21 N–H and O–H groups in total. The third-order valence-corrected chi connectivity index (χ3v) is 0. The van der Waals surface area contributed by atoms with Gasteiger partial charge in [-0.1, -0.05) is 0 Å². The maximum atomic E-state index is 8.74. The Bertz CT molecular complexity index is 226. The zero-order valence-electron chi connectivity index (χ0n) is 11.2. The molecule has 0 heterocycles. The Labute approximate surface area is 126 Å². The largest absolute Gasteiger partial charge is 2.00 e. The fraction of sp³-hybridized carbons (Fsp3) is 0. The van der Waals surface area contributed by atoms with Crippen molar-refractivity contribution in [1.82, 2.24) is 6.15 Å². The summed E-state index contributed by atoms with van der Waals surface area (Å²) in [6.45, 7) is 0. The molecule has 0 aromatic carbocycles. The smallest absolute Gasteiger partial charge is 1.00 e. The van der Waals surface area contributed by atoms with Gasteiger partial charge in [0.2, 0.25) is 0 Å². The molecule has 132 valence electrons. The molecule has 0 unspecified atom stereocenters. The predicted octanol–water partition coefficient (Wildman–Crippen LogP) is -7.07. The molecular weight excluding hydrogens is 342 g/mol. The van der Waals surface area contributed by atoms with Crippen LogP contribution < -0.4 is 6.15 Å². The Morgan fingerprint density at radius 2 is 0.526 bits per heavy atom. The van der Waals surface area contributed by atoms with Gasteiger partial charge in [0.1, 0.15) is 0 Å². The molecule has 0 aliphatic heterocycles. The van der Waals surface area contributed by atoms with Gasteiger partial charge in [-0.3, -0.25) is 18.2 Å². The summed E-state index contributed by atoms with van der Waals surface area (Å²) >= 11 is 0. The topological polar surface area (TPSA) is 405 Å². The van der Waals surface area contributed by atoms with Crippen LogP contribution in [0.15, 0.2) is 0 Å². The Hall–Kier alpha value is 0.186. The van der Waals surface area contributed by atoms with E-state index in [4.69, 9.17) is 35.0 Å². The summed E-state index contributed by atoms with van der Waals surface area (Å²) in [5.74, 6) is 0. The van der Waals surface area contributed by atoms with Crippen molar-refractivity contribution >= 4 is 43.9 Å². The van der Waals surface area contributed by atoms with Crippen molar-refractivity contribution in [3.63, 3.8) is 0 Å². The van der Waals surface area contributed by atoms with Gasteiger partial charge in [0.15, 0.2) is 0 Å². The second-order valence-electron chi connectivity index (χ2n) is 0.896. The Kier molecular flexibility index (Phi) is 180. The quantitative estimate of drug-likeness (QED) is 0.200. The van der Waals surface area contributed by atoms with Gasteiger partial charge in [-0.05, 0) is 0 Å². The summed E-state index contributed by atoms with van der Waals surface area (Å²) in [6.07, 6.45) is 0. The summed E-state index contributed by atoms with van der Waals surface area (Å²) < 4.78 is 63.2. The minimum absolute atomic E-state index is 0. The molecule has 0 amide bonds. The van der Waals surface area contributed by atoms with Crippen LogP contribution in [0.2, 0.25) is 0 Å². The predicted molar refractivity (Wildman–Crippen MR) is 66.7 cm³/mol. The normalized spacial score (nSPS) is 6.11. The van der Waals surface area contributed by atoms with Crippen molar-refractivity contribution in [2.24, 2.45) is 0 Å². The number of hydrogen-bond donors (Lipinski definition) is 5. The van der Waals surface area contributed by atoms with E-state index in [0.717, 1.165) is 0 Å². The average molecular weight is 366 g/mol. The number of hydrogen-bond acceptors (Lipinski definition) is 5. The second kappa shape index (κ2) is 36.2. The minimum atomic E-state index is -4.67. The standard InChI is InChI=1S/Mg.H3N.2H2O4S.7H2O.2H/c;;2*1-5(2,3)4;;;;;;;;;/h;1H3;2*(H2,1,2,3,4);7*1H2;;/q+2;;;;;;;;;;;2*-1. The first kappa shape index (κ1) is 94.7. The van der Waals surface area contributed by atoms with E-state index in [-0.39, 0.29) is 70.4 Å². The van der Waals surface area contributed by atoms with Crippen LogP contribution in [-0.4, -0.2) is 96.4 Å². The van der Waals surface area contributed by atoms with E-state index in [9.17, 15) is 0 Å². The summed E-state index contributed by atoms with van der Waals surface area (Å²) in [5, 5.41) is 0. The molecule has 0 aromatic rings. The van der Waals surface area contributed by atoms with Gasteiger partial charge >= 0.3 is 43.9 Å². The van der Waals surface area contributed by atoms with Gasteiger partial charge in [-0.2, -0.15) is 16.8 Å². The Morgan fingerprint density at radius 3 is 0.526 bits per heavy atom. The van der Waals surface area contributed by atoms with E-state index >= 15 is 0 Å². The van der Waals surface area contributed by atoms with Crippen molar-refractivity contribution in [1.29, 1.82) is 0 Å². The third-order valence-electron chi connectivity index (χ3n) is 0. The van der Waals surface area contributed by atoms with Gasteiger partial charge in [0.05, 0.1) is 0 Å². The molecule has 0 radical (unpaired) electrons. The zero-order chi connectivity index (χ0) is 9.00. The zero-order valence-corrected chi connectivity index (χ0v) is 12.2. The Morgan fingerprint density at radius 1 is 0.526 bits per heavy atom. The van der Waals surface area contributed by atoms with Crippen molar-refractivity contribution in [2.75, 3.05) is 0 Å². The SMILES string of the molecule is N.O.O.O.O.O.O.O.O=S(=O)(O)O.O=S(=O)(O)O.[H-].[H-].[Mg+2]. The van der Waals surface area contributed by atoms with Crippen LogP contribution in [0.1, 0.15) is 2.85 Å². The molecule has 0 rings (SSSR count). The van der Waals surface area contributed by atoms with E-state index in [1.165, 1.54) is 0 Å². The van der Waals surface area contributed by atoms with Gasteiger partial charge in [0.25, 0.3) is 0 Å². The van der Waals surface area contributed by atoms with Crippen molar-refractivity contribution < 1.29 is 76.2 Å². The first-order valence-electron chi connectivity index (χ1n) is 1.40. The van der Waals surface area contributed by atoms with Crippen molar-refractivity contribution in [3.05, 3.63) is 0 Å². The van der Waals surface area contributed by atoms with Crippen LogP contribution in [0, 0.1) is 0 Å². The monoisotopic (exact) mass is 365 g/mol. The molecule has 0 aliphatic rings. The van der Waals surface area contributed by atoms with Crippen LogP contribution in [-0.2, 0) is 20.8 Å². The molecular formula is H23MgNO15S2. The first-order chi connectivity index (χ1) is 4.00. The summed E-state index contributed by atoms with van der Waals surface area (Å²) in [6, 6.07) is 0. The van der Waals surface area contributed by atoms with E-state index < -0.39 is 20.8 Å². The molecule has 0 bridgehead atoms. The molecule has 0 saturated carbocycles. The molecule has 0 atom stereocenters. The molecule has 0 spiro atoms. The molecule has 19 heteroatoms. The summed E-state index contributed by atoms with van der Waals surface area (Å²) in [4.78, 5) is 0. The number of rotatable bonds is 0. The molecule has 0 aliphatic carbocycles. The van der Waals surface area contributed by atoms with E-state index in [0.29, 0.717) is 0 Å². The molecule has 16 nitrogen and oxygen atoms in total. The molecule has 0 saturated heterocycles.